The van der Waals surface area contributed by atoms with E-state index in [1.54, 1.807) is 24.3 Å². The van der Waals surface area contributed by atoms with Gasteiger partial charge in [-0.25, -0.2) is 0 Å². The molecule has 120 valence electrons. The predicted molar refractivity (Wildman–Crippen MR) is 99.3 cm³/mol. The average molecular weight is 414 g/mol. The summed E-state index contributed by atoms with van der Waals surface area (Å²) >= 11 is 10.8. The number of rotatable bonds is 5. The molecule has 0 saturated heterocycles. The van der Waals surface area contributed by atoms with Crippen LogP contribution in [0.2, 0.25) is 5.02 Å². The van der Waals surface area contributed by atoms with Crippen LogP contribution in [0.1, 0.15) is 6.92 Å². The molecule has 0 spiro atoms. The molecule has 2 N–H and O–H groups in total. The molecule has 2 aromatic rings. The number of carbonyl (C=O) groups excluding carboxylic acids is 2. The van der Waals surface area contributed by atoms with Gasteiger partial charge in [-0.15, -0.1) is 11.8 Å². The Morgan fingerprint density at radius 1 is 1.13 bits per heavy atom. The number of hydrogen-bond donors (Lipinski definition) is 2. The molecule has 4 nitrogen and oxygen atoms in total. The molecule has 0 aromatic heterocycles. The summed E-state index contributed by atoms with van der Waals surface area (Å²) in [5, 5.41) is 5.95. The van der Waals surface area contributed by atoms with Crippen LogP contribution in [-0.2, 0) is 9.59 Å². The van der Waals surface area contributed by atoms with Gasteiger partial charge in [0.15, 0.2) is 0 Å². The van der Waals surface area contributed by atoms with Crippen LogP contribution in [0.3, 0.4) is 0 Å². The summed E-state index contributed by atoms with van der Waals surface area (Å²) < 4.78 is 0.856. The molecule has 2 rings (SSSR count). The zero-order valence-electron chi connectivity index (χ0n) is 12.2. The molecule has 0 fully saturated rings. The summed E-state index contributed by atoms with van der Waals surface area (Å²) in [4.78, 5) is 23.9. The zero-order chi connectivity index (χ0) is 16.8. The largest absolute Gasteiger partial charge is 0.326 e. The van der Waals surface area contributed by atoms with Crippen LogP contribution in [0.25, 0.3) is 0 Å². The predicted octanol–water partition coefficient (Wildman–Crippen LogP) is 4.79. The van der Waals surface area contributed by atoms with Crippen molar-refractivity contribution in [2.24, 2.45) is 0 Å². The standard InChI is InChI=1S/C16H14BrClN2O2S/c1-10(21)19-12-3-5-13(6-4-12)23-9-16(22)20-15-7-2-11(17)8-14(15)18/h2-8H,9H2,1H3,(H,19,21)(H,20,22). The van der Waals surface area contributed by atoms with Gasteiger partial charge in [-0.3, -0.25) is 9.59 Å². The van der Waals surface area contributed by atoms with Gasteiger partial charge < -0.3 is 10.6 Å². The van der Waals surface area contributed by atoms with Gasteiger partial charge in [-0.05, 0) is 42.5 Å². The van der Waals surface area contributed by atoms with Gasteiger partial charge in [0.05, 0.1) is 16.5 Å². The number of benzene rings is 2. The van der Waals surface area contributed by atoms with Crippen molar-refractivity contribution in [3.63, 3.8) is 0 Å². The molecule has 0 unspecified atom stereocenters. The van der Waals surface area contributed by atoms with Crippen molar-refractivity contribution in [2.75, 3.05) is 16.4 Å². The first-order valence-corrected chi connectivity index (χ1v) is 8.85. The second kappa shape index (κ2) is 8.38. The van der Waals surface area contributed by atoms with E-state index in [-0.39, 0.29) is 17.6 Å². The van der Waals surface area contributed by atoms with Crippen LogP contribution in [0.4, 0.5) is 11.4 Å². The zero-order valence-corrected chi connectivity index (χ0v) is 15.4. The summed E-state index contributed by atoms with van der Waals surface area (Å²) in [6.45, 7) is 1.46. The highest BCUT2D eigenvalue weighted by Gasteiger charge is 2.07. The first-order chi connectivity index (χ1) is 10.9. The summed E-state index contributed by atoms with van der Waals surface area (Å²) in [6.07, 6.45) is 0. The Kier molecular flexibility index (Phi) is 6.50. The van der Waals surface area contributed by atoms with Crippen molar-refractivity contribution in [3.05, 3.63) is 52.0 Å². The van der Waals surface area contributed by atoms with Crippen LogP contribution in [-0.4, -0.2) is 17.6 Å². The maximum absolute atomic E-state index is 12.0. The van der Waals surface area contributed by atoms with Crippen LogP contribution >= 0.6 is 39.3 Å². The van der Waals surface area contributed by atoms with Gasteiger partial charge in [0.1, 0.15) is 0 Å². The molecule has 7 heteroatoms. The van der Waals surface area contributed by atoms with Crippen molar-refractivity contribution < 1.29 is 9.59 Å². The summed E-state index contributed by atoms with van der Waals surface area (Å²) in [5.41, 5.74) is 1.31. The third-order valence-electron chi connectivity index (χ3n) is 2.75. The minimum atomic E-state index is -0.134. The van der Waals surface area contributed by atoms with Gasteiger partial charge in [0, 0.05) is 22.0 Å². The molecular formula is C16H14BrClN2O2S. The van der Waals surface area contributed by atoms with E-state index in [0.29, 0.717) is 10.7 Å². The van der Waals surface area contributed by atoms with Crippen LogP contribution in [0, 0.1) is 0 Å². The second-order valence-corrected chi connectivity index (χ2v) is 7.04. The number of thioether (sulfide) groups is 1. The van der Waals surface area contributed by atoms with E-state index in [0.717, 1.165) is 15.1 Å². The maximum atomic E-state index is 12.0. The first kappa shape index (κ1) is 17.8. The molecule has 2 amide bonds. The number of carbonyl (C=O) groups is 2. The molecule has 0 radical (unpaired) electrons. The Hall–Kier alpha value is -1.50. The molecule has 0 aliphatic rings. The van der Waals surface area contributed by atoms with E-state index in [9.17, 15) is 9.59 Å². The minimum absolute atomic E-state index is 0.115. The molecule has 0 bridgehead atoms. The molecule has 0 saturated carbocycles. The number of amides is 2. The minimum Gasteiger partial charge on any atom is -0.326 e. The molecule has 0 atom stereocenters. The molecule has 0 aliphatic carbocycles. The van der Waals surface area contributed by atoms with Gasteiger partial charge in [-0.1, -0.05) is 27.5 Å². The Morgan fingerprint density at radius 2 is 1.83 bits per heavy atom. The number of hydrogen-bond acceptors (Lipinski definition) is 3. The first-order valence-electron chi connectivity index (χ1n) is 6.69. The topological polar surface area (TPSA) is 58.2 Å². The fraction of sp³-hybridized carbons (Fsp3) is 0.125. The highest BCUT2D eigenvalue weighted by Crippen LogP contribution is 2.26. The molecule has 2 aromatic carbocycles. The quantitative estimate of drug-likeness (QED) is 0.693. The molecule has 0 heterocycles. The van der Waals surface area contributed by atoms with Crippen molar-refractivity contribution in [2.45, 2.75) is 11.8 Å². The number of anilines is 2. The average Bonchev–Trinajstić information content (AvgIpc) is 2.49. The lowest BCUT2D eigenvalue weighted by atomic mass is 10.3. The van der Waals surface area contributed by atoms with E-state index in [2.05, 4.69) is 26.6 Å². The summed E-state index contributed by atoms with van der Waals surface area (Å²) in [7, 11) is 0. The Bertz CT molecular complexity index is 723. The summed E-state index contributed by atoms with van der Waals surface area (Å²) in [6, 6.07) is 12.6. The van der Waals surface area contributed by atoms with E-state index in [4.69, 9.17) is 11.6 Å². The fourth-order valence-corrected chi connectivity index (χ4v) is 3.18. The van der Waals surface area contributed by atoms with E-state index < -0.39 is 0 Å². The Morgan fingerprint density at radius 3 is 2.43 bits per heavy atom. The van der Waals surface area contributed by atoms with E-state index in [1.165, 1.54) is 18.7 Å². The van der Waals surface area contributed by atoms with Crippen LogP contribution in [0.15, 0.2) is 51.8 Å². The van der Waals surface area contributed by atoms with Crippen LogP contribution in [0.5, 0.6) is 0 Å². The van der Waals surface area contributed by atoms with Crippen molar-refractivity contribution >= 4 is 62.5 Å². The number of nitrogens with one attached hydrogen (secondary N) is 2. The lowest BCUT2D eigenvalue weighted by molar-refractivity contribution is -0.114. The Balaban J connectivity index is 1.87. The van der Waals surface area contributed by atoms with Crippen molar-refractivity contribution in [1.82, 2.24) is 0 Å². The smallest absolute Gasteiger partial charge is 0.234 e. The van der Waals surface area contributed by atoms with Crippen LogP contribution < -0.4 is 10.6 Å². The fourth-order valence-electron chi connectivity index (χ4n) is 1.76. The van der Waals surface area contributed by atoms with Crippen molar-refractivity contribution in [3.8, 4) is 0 Å². The highest BCUT2D eigenvalue weighted by molar-refractivity contribution is 9.10. The lowest BCUT2D eigenvalue weighted by Gasteiger charge is -2.08. The van der Waals surface area contributed by atoms with Gasteiger partial charge in [0.2, 0.25) is 11.8 Å². The second-order valence-electron chi connectivity index (χ2n) is 4.67. The number of halogens is 2. The van der Waals surface area contributed by atoms with E-state index >= 15 is 0 Å². The molecular weight excluding hydrogens is 400 g/mol. The lowest BCUT2D eigenvalue weighted by Crippen LogP contribution is -2.14. The Labute approximate surface area is 152 Å². The van der Waals surface area contributed by atoms with Crippen molar-refractivity contribution in [1.29, 1.82) is 0 Å². The van der Waals surface area contributed by atoms with Gasteiger partial charge >= 0.3 is 0 Å². The SMILES string of the molecule is CC(=O)Nc1ccc(SCC(=O)Nc2ccc(Br)cc2Cl)cc1. The normalized spacial score (nSPS) is 10.2. The third kappa shape index (κ3) is 5.89. The summed E-state index contributed by atoms with van der Waals surface area (Å²) in [5.74, 6) is 0.0209. The molecule has 23 heavy (non-hydrogen) atoms. The van der Waals surface area contributed by atoms with Gasteiger partial charge in [0.25, 0.3) is 0 Å². The maximum Gasteiger partial charge on any atom is 0.234 e. The molecule has 0 aliphatic heterocycles. The third-order valence-corrected chi connectivity index (χ3v) is 4.57. The monoisotopic (exact) mass is 412 g/mol. The highest BCUT2D eigenvalue weighted by atomic mass is 79.9. The van der Waals surface area contributed by atoms with E-state index in [1.807, 2.05) is 18.2 Å². The van der Waals surface area contributed by atoms with Gasteiger partial charge in [-0.2, -0.15) is 0 Å².